The molecule has 0 aliphatic carbocycles. The number of carbonyl (C=O) groups excluding carboxylic acids is 1. The summed E-state index contributed by atoms with van der Waals surface area (Å²) in [7, 11) is 0. The number of carboxylic acid groups (broad SMARTS) is 2. The van der Waals surface area contributed by atoms with Gasteiger partial charge in [0.25, 0.3) is 5.91 Å². The highest BCUT2D eigenvalue weighted by molar-refractivity contribution is 6.27. The number of aliphatic carboxylic acids is 2. The Labute approximate surface area is 198 Å². The first-order valence-corrected chi connectivity index (χ1v) is 11.0. The molecule has 1 aliphatic heterocycles. The lowest BCUT2D eigenvalue weighted by Gasteiger charge is -2.34. The fourth-order valence-electron chi connectivity index (χ4n) is 3.80. The van der Waals surface area contributed by atoms with E-state index in [0.29, 0.717) is 0 Å². The normalized spacial score (nSPS) is 13.5. The Bertz CT molecular complexity index is 1110. The van der Waals surface area contributed by atoms with Gasteiger partial charge in [0.1, 0.15) is 0 Å². The third-order valence-electron chi connectivity index (χ3n) is 5.57. The minimum atomic E-state index is -1.82. The topological polar surface area (TPSA) is 98.2 Å². The maximum Gasteiger partial charge on any atom is 0.414 e. The summed E-state index contributed by atoms with van der Waals surface area (Å²) in [4.78, 5) is 35.5. The predicted molar refractivity (Wildman–Crippen MR) is 130 cm³/mol. The molecular weight excluding hydrogens is 432 g/mol. The summed E-state index contributed by atoms with van der Waals surface area (Å²) in [6.07, 6.45) is 0. The molecule has 7 heteroatoms. The molecule has 3 aromatic carbocycles. The summed E-state index contributed by atoms with van der Waals surface area (Å²) < 4.78 is 0. The molecule has 0 atom stereocenters. The van der Waals surface area contributed by atoms with Gasteiger partial charge in [-0.1, -0.05) is 72.3 Å². The van der Waals surface area contributed by atoms with Gasteiger partial charge in [-0.25, -0.2) is 9.59 Å². The van der Waals surface area contributed by atoms with Crippen LogP contribution in [-0.4, -0.2) is 64.0 Å². The smallest absolute Gasteiger partial charge is 0.414 e. The van der Waals surface area contributed by atoms with Crippen LogP contribution in [0.15, 0.2) is 78.9 Å². The number of carbonyl (C=O) groups is 3. The minimum Gasteiger partial charge on any atom is -0.473 e. The third-order valence-corrected chi connectivity index (χ3v) is 5.57. The molecule has 0 bridgehead atoms. The number of carboxylic acids is 2. The fourth-order valence-corrected chi connectivity index (χ4v) is 3.80. The monoisotopic (exact) mass is 460 g/mol. The van der Waals surface area contributed by atoms with Crippen LogP contribution in [0, 0.1) is 6.92 Å². The van der Waals surface area contributed by atoms with Gasteiger partial charge in [-0.3, -0.25) is 9.69 Å². The van der Waals surface area contributed by atoms with E-state index in [0.717, 1.165) is 43.9 Å². The molecular formula is C27H28N2O5. The molecule has 1 aliphatic rings. The van der Waals surface area contributed by atoms with Crippen LogP contribution in [0.3, 0.4) is 0 Å². The van der Waals surface area contributed by atoms with Crippen molar-refractivity contribution in [2.24, 2.45) is 0 Å². The van der Waals surface area contributed by atoms with Crippen LogP contribution in [-0.2, 0) is 16.1 Å². The van der Waals surface area contributed by atoms with E-state index in [2.05, 4.69) is 48.2 Å². The van der Waals surface area contributed by atoms with Crippen LogP contribution in [0.25, 0.3) is 11.1 Å². The van der Waals surface area contributed by atoms with Crippen molar-refractivity contribution in [2.45, 2.75) is 13.5 Å². The van der Waals surface area contributed by atoms with Gasteiger partial charge in [-0.15, -0.1) is 0 Å². The first kappa shape index (κ1) is 24.7. The average Bonchev–Trinajstić information content (AvgIpc) is 2.85. The molecule has 3 aromatic rings. The lowest BCUT2D eigenvalue weighted by molar-refractivity contribution is -0.159. The molecule has 34 heavy (non-hydrogen) atoms. The minimum absolute atomic E-state index is 0.134. The van der Waals surface area contributed by atoms with Gasteiger partial charge in [-0.05, 0) is 35.7 Å². The van der Waals surface area contributed by atoms with E-state index in [-0.39, 0.29) is 5.91 Å². The zero-order valence-electron chi connectivity index (χ0n) is 19.1. The average molecular weight is 461 g/mol. The van der Waals surface area contributed by atoms with Crippen LogP contribution < -0.4 is 0 Å². The molecule has 7 nitrogen and oxygen atoms in total. The maximum absolute atomic E-state index is 12.9. The highest BCUT2D eigenvalue weighted by Gasteiger charge is 2.22. The summed E-state index contributed by atoms with van der Waals surface area (Å²) in [5, 5.41) is 14.8. The Hall–Kier alpha value is -3.97. The number of rotatable bonds is 4. The predicted octanol–water partition coefficient (Wildman–Crippen LogP) is 3.78. The first-order chi connectivity index (χ1) is 16.3. The van der Waals surface area contributed by atoms with Crippen LogP contribution >= 0.6 is 0 Å². The Morgan fingerprint density at radius 3 is 1.88 bits per heavy atom. The number of hydrogen-bond acceptors (Lipinski definition) is 4. The van der Waals surface area contributed by atoms with E-state index in [4.69, 9.17) is 19.8 Å². The van der Waals surface area contributed by atoms with Crippen molar-refractivity contribution in [3.8, 4) is 11.1 Å². The number of piperazine rings is 1. The van der Waals surface area contributed by atoms with Crippen LogP contribution in [0.2, 0.25) is 0 Å². The number of aryl methyl sites for hydroxylation is 1. The quantitative estimate of drug-likeness (QED) is 0.575. The van der Waals surface area contributed by atoms with Crippen molar-refractivity contribution < 1.29 is 24.6 Å². The van der Waals surface area contributed by atoms with Gasteiger partial charge < -0.3 is 15.1 Å². The Morgan fingerprint density at radius 2 is 1.32 bits per heavy atom. The summed E-state index contributed by atoms with van der Waals surface area (Å²) in [5.41, 5.74) is 5.72. The molecule has 0 spiro atoms. The summed E-state index contributed by atoms with van der Waals surface area (Å²) in [6, 6.07) is 26.9. The Kier molecular flexibility index (Phi) is 8.54. The van der Waals surface area contributed by atoms with Crippen molar-refractivity contribution in [3.05, 3.63) is 95.6 Å². The van der Waals surface area contributed by atoms with Gasteiger partial charge in [0, 0.05) is 38.3 Å². The standard InChI is InChI=1S/C25H26N2O.C2H2O4/c1-20-6-5-7-21(18-20)19-26-14-16-27(17-15-26)25(28)24-12-10-23(11-13-24)22-8-3-2-4-9-22;3-1(4)2(5)6/h2-13,18H,14-17,19H2,1H3;(H,3,4)(H,5,6). The molecule has 1 saturated heterocycles. The zero-order chi connectivity index (χ0) is 24.5. The van der Waals surface area contributed by atoms with Gasteiger partial charge in [0.2, 0.25) is 0 Å². The van der Waals surface area contributed by atoms with E-state index in [9.17, 15) is 4.79 Å². The number of amides is 1. The lowest BCUT2D eigenvalue weighted by Crippen LogP contribution is -2.48. The molecule has 0 radical (unpaired) electrons. The van der Waals surface area contributed by atoms with Crippen LogP contribution in [0.4, 0.5) is 0 Å². The summed E-state index contributed by atoms with van der Waals surface area (Å²) >= 11 is 0. The molecule has 1 heterocycles. The summed E-state index contributed by atoms with van der Waals surface area (Å²) in [5.74, 6) is -3.51. The second-order valence-corrected chi connectivity index (χ2v) is 8.11. The third kappa shape index (κ3) is 7.02. The van der Waals surface area contributed by atoms with Crippen LogP contribution in [0.5, 0.6) is 0 Å². The van der Waals surface area contributed by atoms with Crippen molar-refractivity contribution in [3.63, 3.8) is 0 Å². The number of hydrogen-bond donors (Lipinski definition) is 2. The van der Waals surface area contributed by atoms with Crippen molar-refractivity contribution >= 4 is 17.8 Å². The number of nitrogens with zero attached hydrogens (tertiary/aromatic N) is 2. The Balaban J connectivity index is 0.000000481. The molecule has 1 amide bonds. The first-order valence-electron chi connectivity index (χ1n) is 11.0. The fraction of sp³-hybridized carbons (Fsp3) is 0.222. The molecule has 0 saturated carbocycles. The Morgan fingerprint density at radius 1 is 0.735 bits per heavy atom. The van der Waals surface area contributed by atoms with Gasteiger partial charge in [-0.2, -0.15) is 0 Å². The summed E-state index contributed by atoms with van der Waals surface area (Å²) in [6.45, 7) is 6.48. The molecule has 176 valence electrons. The van der Waals surface area contributed by atoms with Crippen LogP contribution in [0.1, 0.15) is 21.5 Å². The van der Waals surface area contributed by atoms with Crippen molar-refractivity contribution in [2.75, 3.05) is 26.2 Å². The zero-order valence-corrected chi connectivity index (χ0v) is 19.1. The second kappa shape index (κ2) is 11.8. The number of benzene rings is 3. The molecule has 1 fully saturated rings. The van der Waals surface area contributed by atoms with E-state index in [1.54, 1.807) is 0 Å². The van der Waals surface area contributed by atoms with Crippen molar-refractivity contribution in [1.29, 1.82) is 0 Å². The van der Waals surface area contributed by atoms with E-state index in [1.165, 1.54) is 16.7 Å². The molecule has 4 rings (SSSR count). The van der Waals surface area contributed by atoms with Gasteiger partial charge in [0.15, 0.2) is 0 Å². The van der Waals surface area contributed by atoms with Gasteiger partial charge >= 0.3 is 11.9 Å². The SMILES string of the molecule is Cc1cccc(CN2CCN(C(=O)c3ccc(-c4ccccc4)cc3)CC2)c1.O=C(O)C(=O)O. The second-order valence-electron chi connectivity index (χ2n) is 8.11. The van der Waals surface area contributed by atoms with Gasteiger partial charge in [0.05, 0.1) is 0 Å². The van der Waals surface area contributed by atoms with E-state index in [1.807, 2.05) is 47.4 Å². The van der Waals surface area contributed by atoms with E-state index < -0.39 is 11.9 Å². The largest absolute Gasteiger partial charge is 0.473 e. The van der Waals surface area contributed by atoms with E-state index >= 15 is 0 Å². The maximum atomic E-state index is 12.9. The van der Waals surface area contributed by atoms with Crippen molar-refractivity contribution in [1.82, 2.24) is 9.80 Å². The molecule has 0 unspecified atom stereocenters. The lowest BCUT2D eigenvalue weighted by atomic mass is 10.0. The highest BCUT2D eigenvalue weighted by atomic mass is 16.4. The molecule has 2 N–H and O–H groups in total. The molecule has 0 aromatic heterocycles. The highest BCUT2D eigenvalue weighted by Crippen LogP contribution is 2.20.